The Kier molecular flexibility index (Phi) is 8.02. The average molecular weight is 570 g/mol. The van der Waals surface area contributed by atoms with E-state index >= 15 is 0 Å². The Morgan fingerprint density at radius 2 is 1.41 bits per heavy atom. The van der Waals surface area contributed by atoms with E-state index in [0.29, 0.717) is 39.0 Å². The van der Waals surface area contributed by atoms with E-state index in [1.807, 2.05) is 0 Å². The highest BCUT2D eigenvalue weighted by Gasteiger charge is 2.40. The van der Waals surface area contributed by atoms with E-state index in [2.05, 4.69) is 10.6 Å². The summed E-state index contributed by atoms with van der Waals surface area (Å²) in [6, 6.07) is 25.7. The lowest BCUT2D eigenvalue weighted by molar-refractivity contribution is -0.120. The molecule has 8 nitrogen and oxygen atoms in total. The fraction of sp³-hybridized carbons (Fsp3) is 0.0645. The van der Waals surface area contributed by atoms with Crippen molar-refractivity contribution < 1.29 is 28.2 Å². The number of rotatable bonds is 9. The number of carbonyl (C=O) groups is 3. The van der Waals surface area contributed by atoms with Crippen molar-refractivity contribution >= 4 is 46.5 Å². The summed E-state index contributed by atoms with van der Waals surface area (Å²) in [5.41, 5.74) is 1.82. The van der Waals surface area contributed by atoms with Crippen LogP contribution in [0.4, 0.5) is 21.5 Å². The van der Waals surface area contributed by atoms with Crippen LogP contribution in [-0.4, -0.2) is 31.9 Å². The van der Waals surface area contributed by atoms with E-state index in [1.165, 1.54) is 31.4 Å². The molecule has 4 aromatic carbocycles. The highest BCUT2D eigenvalue weighted by Crippen LogP contribution is 2.39. The Morgan fingerprint density at radius 1 is 0.780 bits per heavy atom. The molecule has 0 saturated heterocycles. The van der Waals surface area contributed by atoms with Crippen molar-refractivity contribution in [1.82, 2.24) is 0 Å². The zero-order valence-electron chi connectivity index (χ0n) is 22.0. The van der Waals surface area contributed by atoms with Gasteiger partial charge in [-0.15, -0.1) is 0 Å². The monoisotopic (exact) mass is 569 g/mol. The molecule has 1 heterocycles. The molecule has 5 rings (SSSR count). The summed E-state index contributed by atoms with van der Waals surface area (Å²) in [4.78, 5) is 41.8. The van der Waals surface area contributed by atoms with Gasteiger partial charge in [-0.2, -0.15) is 0 Å². The van der Waals surface area contributed by atoms with Gasteiger partial charge < -0.3 is 20.1 Å². The maximum absolute atomic E-state index is 13.6. The molecule has 4 aromatic rings. The smallest absolute Gasteiger partial charge is 0.283 e. The van der Waals surface area contributed by atoms with Gasteiger partial charge in [-0.05, 0) is 91.0 Å². The van der Waals surface area contributed by atoms with Gasteiger partial charge in [-0.1, -0.05) is 17.8 Å². The molecule has 0 unspecified atom stereocenters. The molecule has 0 aromatic heterocycles. The molecule has 0 saturated carbocycles. The van der Waals surface area contributed by atoms with Crippen molar-refractivity contribution in [3.63, 3.8) is 0 Å². The van der Waals surface area contributed by atoms with E-state index in [9.17, 15) is 18.8 Å². The molecule has 0 atom stereocenters. The summed E-state index contributed by atoms with van der Waals surface area (Å²) in [5.74, 6) is -0.614. The zero-order chi connectivity index (χ0) is 28.9. The number of methoxy groups -OCH3 is 2. The van der Waals surface area contributed by atoms with Gasteiger partial charge >= 0.3 is 0 Å². The van der Waals surface area contributed by atoms with Crippen LogP contribution in [-0.2, 0) is 9.59 Å². The van der Waals surface area contributed by atoms with E-state index in [4.69, 9.17) is 9.47 Å². The van der Waals surface area contributed by atoms with Crippen molar-refractivity contribution in [2.24, 2.45) is 0 Å². The molecule has 0 fully saturated rings. The van der Waals surface area contributed by atoms with E-state index < -0.39 is 17.6 Å². The molecule has 2 N–H and O–H groups in total. The summed E-state index contributed by atoms with van der Waals surface area (Å²) in [6.45, 7) is 0. The predicted molar refractivity (Wildman–Crippen MR) is 156 cm³/mol. The largest absolute Gasteiger partial charge is 0.497 e. The number of anilines is 3. The molecule has 0 aliphatic carbocycles. The van der Waals surface area contributed by atoms with Crippen molar-refractivity contribution in [2.75, 3.05) is 29.8 Å². The maximum atomic E-state index is 13.6. The number of ether oxygens (including phenoxy) is 2. The molecule has 1 aliphatic heterocycles. The molecule has 0 radical (unpaired) electrons. The van der Waals surface area contributed by atoms with Crippen LogP contribution in [0.5, 0.6) is 11.5 Å². The molecule has 206 valence electrons. The number of imide groups is 1. The van der Waals surface area contributed by atoms with Gasteiger partial charge in [0.05, 0.1) is 19.9 Å². The lowest BCUT2D eigenvalue weighted by Crippen LogP contribution is -2.32. The summed E-state index contributed by atoms with van der Waals surface area (Å²) in [5, 5.41) is 5.84. The second-order valence-corrected chi connectivity index (χ2v) is 9.88. The summed E-state index contributed by atoms with van der Waals surface area (Å²) >= 11 is 1.08. The van der Waals surface area contributed by atoms with Gasteiger partial charge in [0.2, 0.25) is 0 Å². The van der Waals surface area contributed by atoms with Crippen LogP contribution in [0, 0.1) is 5.82 Å². The topological polar surface area (TPSA) is 97.0 Å². The number of carbonyl (C=O) groups excluding carboxylic acids is 3. The van der Waals surface area contributed by atoms with Gasteiger partial charge in [-0.3, -0.25) is 14.4 Å². The molecule has 0 bridgehead atoms. The van der Waals surface area contributed by atoms with Crippen molar-refractivity contribution in [3.05, 3.63) is 119 Å². The predicted octanol–water partition coefficient (Wildman–Crippen LogP) is 6.08. The molecule has 1 aliphatic rings. The Labute approximate surface area is 239 Å². The van der Waals surface area contributed by atoms with Crippen LogP contribution in [0.1, 0.15) is 10.4 Å². The lowest BCUT2D eigenvalue weighted by Gasteiger charge is -2.15. The highest BCUT2D eigenvalue weighted by molar-refractivity contribution is 8.04. The first-order chi connectivity index (χ1) is 19.9. The van der Waals surface area contributed by atoms with E-state index in [-0.39, 0.29) is 16.5 Å². The van der Waals surface area contributed by atoms with E-state index in [1.54, 1.807) is 79.9 Å². The molecule has 10 heteroatoms. The maximum Gasteiger partial charge on any atom is 0.283 e. The third-order valence-corrected chi connectivity index (χ3v) is 7.22. The number of halogens is 1. The van der Waals surface area contributed by atoms with E-state index in [0.717, 1.165) is 16.7 Å². The van der Waals surface area contributed by atoms with Gasteiger partial charge in [0.1, 0.15) is 27.9 Å². The van der Waals surface area contributed by atoms with Gasteiger partial charge in [0, 0.05) is 21.8 Å². The Balaban J connectivity index is 1.43. The van der Waals surface area contributed by atoms with Crippen LogP contribution in [0.25, 0.3) is 0 Å². The SMILES string of the molecule is COc1ccc(C(=O)Nc2cccc(SC3=C(Nc4ccc(F)cc4)C(=O)N(c4ccc(OC)cc4)C3=O)c2)cc1. The number of benzene rings is 4. The second-order valence-electron chi connectivity index (χ2n) is 8.79. The number of hydrogen-bond acceptors (Lipinski definition) is 7. The molecule has 3 amide bonds. The van der Waals surface area contributed by atoms with Crippen LogP contribution in [0.15, 0.2) is 113 Å². The number of nitrogens with zero attached hydrogens (tertiary/aromatic N) is 1. The lowest BCUT2D eigenvalue weighted by atomic mass is 10.2. The van der Waals surface area contributed by atoms with Gasteiger partial charge in [-0.25, -0.2) is 9.29 Å². The minimum absolute atomic E-state index is 0.0510. The first kappa shape index (κ1) is 27.5. The fourth-order valence-corrected chi connectivity index (χ4v) is 5.05. The summed E-state index contributed by atoms with van der Waals surface area (Å²) in [7, 11) is 3.07. The summed E-state index contributed by atoms with van der Waals surface area (Å²) < 4.78 is 23.8. The van der Waals surface area contributed by atoms with Gasteiger partial charge in [0.25, 0.3) is 17.7 Å². The van der Waals surface area contributed by atoms with Crippen LogP contribution >= 0.6 is 11.8 Å². The number of hydrogen-bond donors (Lipinski definition) is 2. The Hall–Kier alpha value is -5.09. The Bertz CT molecular complexity index is 1640. The van der Waals surface area contributed by atoms with Crippen molar-refractivity contribution in [3.8, 4) is 11.5 Å². The number of amides is 3. The standard InChI is InChI=1S/C31H24FN3O5S/c1-39-24-14-6-19(7-15-24)29(36)34-22-4-3-5-26(18-22)41-28-27(33-21-10-8-20(32)9-11-21)30(37)35(31(28)38)23-12-16-25(40-2)17-13-23/h3-18,33H,1-2H3,(H,34,36). The van der Waals surface area contributed by atoms with Crippen LogP contribution in [0.2, 0.25) is 0 Å². The third kappa shape index (κ3) is 6.07. The minimum atomic E-state index is -0.559. The first-order valence-corrected chi connectivity index (χ1v) is 13.2. The first-order valence-electron chi connectivity index (χ1n) is 12.4. The molecular formula is C31H24FN3O5S. The zero-order valence-corrected chi connectivity index (χ0v) is 22.8. The van der Waals surface area contributed by atoms with Crippen molar-refractivity contribution in [1.29, 1.82) is 0 Å². The number of thioether (sulfide) groups is 1. The normalized spacial score (nSPS) is 12.9. The molecule has 0 spiro atoms. The second kappa shape index (κ2) is 12.0. The highest BCUT2D eigenvalue weighted by atomic mass is 32.2. The van der Waals surface area contributed by atoms with Crippen molar-refractivity contribution in [2.45, 2.75) is 4.90 Å². The van der Waals surface area contributed by atoms with Crippen LogP contribution in [0.3, 0.4) is 0 Å². The average Bonchev–Trinajstić information content (AvgIpc) is 3.22. The van der Waals surface area contributed by atoms with Crippen LogP contribution < -0.4 is 25.0 Å². The third-order valence-electron chi connectivity index (χ3n) is 6.15. The van der Waals surface area contributed by atoms with Gasteiger partial charge in [0.15, 0.2) is 0 Å². The minimum Gasteiger partial charge on any atom is -0.497 e. The Morgan fingerprint density at radius 3 is 2.05 bits per heavy atom. The fourth-order valence-electron chi connectivity index (χ4n) is 4.06. The quantitative estimate of drug-likeness (QED) is 0.236. The summed E-state index contributed by atoms with van der Waals surface area (Å²) in [6.07, 6.45) is 0. The molecular weight excluding hydrogens is 545 g/mol. The number of nitrogens with one attached hydrogen (secondary N) is 2. The molecule has 41 heavy (non-hydrogen) atoms.